The van der Waals surface area contributed by atoms with Gasteiger partial charge in [0, 0.05) is 24.9 Å². The Morgan fingerprint density at radius 1 is 1.13 bits per heavy atom. The Bertz CT molecular complexity index is 1730. The summed E-state index contributed by atoms with van der Waals surface area (Å²) in [4.78, 5) is 36.6. The van der Waals surface area contributed by atoms with Gasteiger partial charge in [0.25, 0.3) is 14.1 Å². The molecule has 2 aromatic carbocycles. The molecular weight excluding hydrogens is 631 g/mol. The molecule has 0 bridgehead atoms. The second kappa shape index (κ2) is 13.3. The van der Waals surface area contributed by atoms with E-state index >= 15 is 0 Å². The molecule has 3 aliphatic heterocycles. The van der Waals surface area contributed by atoms with Crippen LogP contribution in [0.4, 0.5) is 5.95 Å². The molecule has 1 unspecified atom stereocenters. The third-order valence-electron chi connectivity index (χ3n) is 9.88. The number of nitrogens with zero attached hydrogens (tertiary/aromatic N) is 4. The van der Waals surface area contributed by atoms with Gasteiger partial charge in [0.1, 0.15) is 14.3 Å². The molecule has 7 rings (SSSR count). The zero-order valence-corrected chi connectivity index (χ0v) is 29.2. The molecule has 4 aromatic rings. The van der Waals surface area contributed by atoms with Crippen LogP contribution in [0, 0.1) is 5.92 Å². The number of hydrogen-bond acceptors (Lipinski definition) is 8. The average molecular weight is 675 g/mol. The summed E-state index contributed by atoms with van der Waals surface area (Å²) in [6.07, 6.45) is 4.49. The molecule has 5 heterocycles. The van der Waals surface area contributed by atoms with Crippen LogP contribution in [0.2, 0.25) is 12.6 Å². The first kappa shape index (κ1) is 32.3. The first-order chi connectivity index (χ1) is 22.7. The highest BCUT2D eigenvalue weighted by molar-refractivity contribution is 7.45. The standard InChI is InChI=1S/C34H43N6O5PSi/c1-5-26-27(19-29(43-26)39-21-35-30-31(39)36-34(38-33(30)42)37-32(41)22(2)3)44-46-40-18-12-17-25(40)28(45-46)20-47(4,23-13-8-6-9-14-23)24-15-10-7-11-16-24/h6-11,13-16,21-22,25-29H,5,12,17-20H2,1-4H3,(H2,36,37,38,41,42)/t25-,26-,27?,28+,29-,46-/m1/s1. The van der Waals surface area contributed by atoms with Crippen LogP contribution < -0.4 is 21.2 Å². The van der Waals surface area contributed by atoms with Gasteiger partial charge in [-0.05, 0) is 25.3 Å². The predicted octanol–water partition coefficient (Wildman–Crippen LogP) is 4.78. The Kier molecular flexibility index (Phi) is 9.16. The van der Waals surface area contributed by atoms with Gasteiger partial charge in [0.05, 0.1) is 24.6 Å². The molecule has 0 spiro atoms. The van der Waals surface area contributed by atoms with Crippen molar-refractivity contribution in [3.63, 3.8) is 0 Å². The highest BCUT2D eigenvalue weighted by Gasteiger charge is 2.51. The van der Waals surface area contributed by atoms with E-state index in [2.05, 4.69) is 99.1 Å². The van der Waals surface area contributed by atoms with E-state index in [0.717, 1.165) is 31.9 Å². The maximum atomic E-state index is 12.8. The van der Waals surface area contributed by atoms with Crippen LogP contribution in [0.5, 0.6) is 0 Å². The van der Waals surface area contributed by atoms with Crippen molar-refractivity contribution in [3.05, 3.63) is 77.3 Å². The molecule has 0 radical (unpaired) electrons. The number of hydrogen-bond donors (Lipinski definition) is 2. The molecule has 6 atom stereocenters. The van der Waals surface area contributed by atoms with Crippen molar-refractivity contribution < 1.29 is 18.6 Å². The lowest BCUT2D eigenvalue weighted by atomic mass is 10.1. The highest BCUT2D eigenvalue weighted by Crippen LogP contribution is 2.59. The van der Waals surface area contributed by atoms with Gasteiger partial charge in [-0.25, -0.2) is 9.65 Å². The highest BCUT2D eigenvalue weighted by atomic mass is 31.2. The number of fused-ring (bicyclic) bond motifs is 2. The van der Waals surface area contributed by atoms with Crippen molar-refractivity contribution in [2.45, 2.75) is 89.6 Å². The van der Waals surface area contributed by atoms with Crippen LogP contribution in [-0.2, 0) is 18.6 Å². The molecule has 1 amide bonds. The van der Waals surface area contributed by atoms with E-state index in [-0.39, 0.29) is 41.6 Å². The van der Waals surface area contributed by atoms with Gasteiger partial charge in [-0.3, -0.25) is 24.5 Å². The van der Waals surface area contributed by atoms with Crippen LogP contribution in [0.15, 0.2) is 71.8 Å². The van der Waals surface area contributed by atoms with Crippen LogP contribution in [0.3, 0.4) is 0 Å². The Hall–Kier alpha value is -3.25. The Morgan fingerprint density at radius 2 is 1.83 bits per heavy atom. The summed E-state index contributed by atoms with van der Waals surface area (Å²) in [5, 5.41) is 5.53. The lowest BCUT2D eigenvalue weighted by molar-refractivity contribution is -0.118. The molecule has 13 heteroatoms. The largest absolute Gasteiger partial charge is 0.352 e. The number of carbonyl (C=O) groups excluding carboxylic acids is 1. The van der Waals surface area contributed by atoms with E-state index in [0.29, 0.717) is 18.1 Å². The van der Waals surface area contributed by atoms with E-state index < -0.39 is 28.4 Å². The topological polar surface area (TPSA) is 124 Å². The molecule has 3 saturated heterocycles. The molecule has 3 fully saturated rings. The minimum absolute atomic E-state index is 0.0897. The SMILES string of the molecule is CC[C@H]1O[C@@H](n2cnc3c(=O)[nH]c(NC(=O)C(C)C)nc32)CC1O[P@]1O[C@@H](C[Si](C)(c2ccccc2)c2ccccc2)[C@H]2CCCN21. The smallest absolute Gasteiger partial charge is 0.280 e. The Morgan fingerprint density at radius 3 is 2.49 bits per heavy atom. The zero-order valence-electron chi connectivity index (χ0n) is 27.3. The van der Waals surface area contributed by atoms with Crippen molar-refractivity contribution in [3.8, 4) is 0 Å². The fourth-order valence-corrected chi connectivity index (χ4v) is 13.2. The van der Waals surface area contributed by atoms with E-state index in [9.17, 15) is 9.59 Å². The van der Waals surface area contributed by atoms with E-state index in [1.807, 2.05) is 0 Å². The van der Waals surface area contributed by atoms with Crippen molar-refractivity contribution in [1.82, 2.24) is 24.2 Å². The van der Waals surface area contributed by atoms with E-state index in [4.69, 9.17) is 13.8 Å². The second-order valence-corrected chi connectivity index (χ2v) is 19.0. The number of imidazole rings is 1. The normalized spacial score (nSPS) is 26.3. The number of ether oxygens (including phenoxy) is 1. The fraction of sp³-hybridized carbons (Fsp3) is 0.471. The maximum Gasteiger partial charge on any atom is 0.280 e. The number of rotatable bonds is 10. The monoisotopic (exact) mass is 674 g/mol. The summed E-state index contributed by atoms with van der Waals surface area (Å²) in [6, 6.07) is 23.2. The van der Waals surface area contributed by atoms with E-state index in [1.54, 1.807) is 24.7 Å². The van der Waals surface area contributed by atoms with Gasteiger partial charge in [-0.15, -0.1) is 0 Å². The number of anilines is 1. The lowest BCUT2D eigenvalue weighted by Crippen LogP contribution is -2.58. The minimum Gasteiger partial charge on any atom is -0.352 e. The van der Waals surface area contributed by atoms with Crippen LogP contribution in [0.25, 0.3) is 11.2 Å². The van der Waals surface area contributed by atoms with Gasteiger partial charge >= 0.3 is 0 Å². The quantitative estimate of drug-likeness (QED) is 0.182. The minimum atomic E-state index is -2.11. The number of nitrogens with one attached hydrogen (secondary N) is 2. The van der Waals surface area contributed by atoms with Crippen molar-refractivity contribution >= 4 is 50.0 Å². The van der Waals surface area contributed by atoms with Gasteiger partial charge in [0.15, 0.2) is 11.2 Å². The number of aromatic nitrogens is 4. The molecule has 0 saturated carbocycles. The maximum absolute atomic E-state index is 12.8. The first-order valence-electron chi connectivity index (χ1n) is 16.7. The second-order valence-electron chi connectivity index (χ2n) is 13.3. The summed E-state index contributed by atoms with van der Waals surface area (Å²) >= 11 is 0. The Labute approximate surface area is 277 Å². The van der Waals surface area contributed by atoms with Gasteiger partial charge in [-0.2, -0.15) is 4.98 Å². The van der Waals surface area contributed by atoms with E-state index in [1.165, 1.54) is 10.4 Å². The van der Waals surface area contributed by atoms with Crippen molar-refractivity contribution in [2.75, 3.05) is 11.9 Å². The predicted molar refractivity (Wildman–Crippen MR) is 185 cm³/mol. The third-order valence-corrected chi connectivity index (χ3v) is 16.1. The molecular formula is C34H43N6O5PSi. The van der Waals surface area contributed by atoms with Crippen LogP contribution in [0.1, 0.15) is 52.7 Å². The Balaban J connectivity index is 1.11. The average Bonchev–Trinajstić information content (AvgIpc) is 3.87. The summed E-state index contributed by atoms with van der Waals surface area (Å²) in [6.45, 7) is 9.10. The number of aromatic amines is 1. The number of H-pyrrole nitrogens is 1. The summed E-state index contributed by atoms with van der Waals surface area (Å²) in [5.74, 6) is -0.399. The number of carbonyl (C=O) groups is 1. The molecule has 2 N–H and O–H groups in total. The first-order valence-corrected chi connectivity index (χ1v) is 20.5. The summed E-state index contributed by atoms with van der Waals surface area (Å²) in [5.41, 5.74) is 0.145. The van der Waals surface area contributed by atoms with Crippen molar-refractivity contribution in [2.24, 2.45) is 5.92 Å². The third kappa shape index (κ3) is 6.23. The molecule has 2 aromatic heterocycles. The van der Waals surface area contributed by atoms with Gasteiger partial charge in [-0.1, -0.05) is 98.4 Å². The zero-order chi connectivity index (χ0) is 32.7. The van der Waals surface area contributed by atoms with Crippen molar-refractivity contribution in [1.29, 1.82) is 0 Å². The van der Waals surface area contributed by atoms with Gasteiger partial charge < -0.3 is 13.8 Å². The van der Waals surface area contributed by atoms with Crippen LogP contribution >= 0.6 is 8.53 Å². The fourth-order valence-electron chi connectivity index (χ4n) is 7.20. The molecule has 248 valence electrons. The molecule has 3 aliphatic rings. The van der Waals surface area contributed by atoms with Crippen LogP contribution in [-0.4, -0.2) is 69.1 Å². The molecule has 11 nitrogen and oxygen atoms in total. The number of benzene rings is 2. The molecule has 0 aliphatic carbocycles. The molecule has 47 heavy (non-hydrogen) atoms. The number of amides is 1. The lowest BCUT2D eigenvalue weighted by Gasteiger charge is -2.32. The summed E-state index contributed by atoms with van der Waals surface area (Å²) in [7, 11) is -3.38. The van der Waals surface area contributed by atoms with Gasteiger partial charge in [0.2, 0.25) is 11.9 Å². The summed E-state index contributed by atoms with van der Waals surface area (Å²) < 4.78 is 24.6.